The molecule has 0 bridgehead atoms. The van der Waals surface area contributed by atoms with Gasteiger partial charge in [0.15, 0.2) is 9.84 Å². The number of carbonyl (C=O) groups excluding carboxylic acids is 1. The molecule has 2 atom stereocenters. The number of imidazole rings is 1. The van der Waals surface area contributed by atoms with Crippen LogP contribution in [-0.4, -0.2) is 81.2 Å². The van der Waals surface area contributed by atoms with E-state index in [1.165, 1.54) is 16.0 Å². The van der Waals surface area contributed by atoms with Crippen LogP contribution < -0.4 is 16.3 Å². The second kappa shape index (κ2) is 9.96. The number of amides is 1. The van der Waals surface area contributed by atoms with E-state index in [4.69, 9.17) is 0 Å². The lowest BCUT2D eigenvalue weighted by molar-refractivity contribution is -0.137. The number of sulfone groups is 1. The fourth-order valence-electron chi connectivity index (χ4n) is 7.13. The van der Waals surface area contributed by atoms with Gasteiger partial charge in [0.05, 0.1) is 28.1 Å². The molecule has 3 aliphatic rings. The zero-order valence-corrected chi connectivity index (χ0v) is 26.5. The minimum absolute atomic E-state index is 0.0197. The molecule has 0 aliphatic carbocycles. The number of benzene rings is 1. The number of thiophene rings is 1. The largest absolute Gasteiger partial charge is 0.417 e. The number of halogens is 3. The molecule has 3 aliphatic heterocycles. The van der Waals surface area contributed by atoms with Gasteiger partial charge in [0.1, 0.15) is 10.6 Å². The van der Waals surface area contributed by atoms with Gasteiger partial charge in [-0.05, 0) is 26.0 Å². The number of anilines is 1. The third kappa shape index (κ3) is 4.72. The summed E-state index contributed by atoms with van der Waals surface area (Å²) in [5.41, 5.74) is -2.67. The molecular weight excluding hydrogens is 654 g/mol. The van der Waals surface area contributed by atoms with E-state index in [0.29, 0.717) is 4.83 Å². The van der Waals surface area contributed by atoms with Crippen molar-refractivity contribution in [1.82, 2.24) is 24.4 Å². The Hall–Kier alpha value is -3.57. The van der Waals surface area contributed by atoms with Crippen molar-refractivity contribution in [3.05, 3.63) is 50.6 Å². The SMILES string of the molecule is C=CC(=O)N1[C@H](C)CN(c2nc(=O)n3c4c(c(-c5csc6[nH]c(=O)[nH]c56)c(C(F)(F)F)cc24)SCC2(C3)CS(=O)(=O)C2)C[C@@H]1C. The van der Waals surface area contributed by atoms with Gasteiger partial charge in [0.2, 0.25) is 5.91 Å². The molecule has 6 heterocycles. The molecule has 3 aromatic heterocycles. The van der Waals surface area contributed by atoms with Gasteiger partial charge in [-0.15, -0.1) is 23.1 Å². The first-order chi connectivity index (χ1) is 21.1. The van der Waals surface area contributed by atoms with E-state index in [9.17, 15) is 22.8 Å². The summed E-state index contributed by atoms with van der Waals surface area (Å²) < 4.78 is 71.2. The van der Waals surface area contributed by atoms with E-state index in [1.807, 2.05) is 13.8 Å². The molecule has 238 valence electrons. The van der Waals surface area contributed by atoms with Crippen molar-refractivity contribution in [2.75, 3.05) is 35.2 Å². The first-order valence-corrected chi connectivity index (χ1v) is 17.7. The minimum atomic E-state index is -4.84. The van der Waals surface area contributed by atoms with Crippen molar-refractivity contribution in [3.8, 4) is 11.1 Å². The first-order valence-electron chi connectivity index (χ1n) is 14.0. The van der Waals surface area contributed by atoms with Crippen LogP contribution in [0.2, 0.25) is 0 Å². The second-order valence-electron chi connectivity index (χ2n) is 12.1. The molecule has 45 heavy (non-hydrogen) atoms. The van der Waals surface area contributed by atoms with E-state index in [1.54, 1.807) is 9.80 Å². The van der Waals surface area contributed by atoms with Crippen LogP contribution in [0.1, 0.15) is 19.4 Å². The Morgan fingerprint density at radius 2 is 1.87 bits per heavy atom. The number of nitrogens with one attached hydrogen (secondary N) is 2. The number of rotatable bonds is 3. The lowest BCUT2D eigenvalue weighted by Gasteiger charge is -2.44. The number of alkyl halides is 3. The summed E-state index contributed by atoms with van der Waals surface area (Å²) in [5.74, 6) is -0.431. The monoisotopic (exact) mass is 680 g/mol. The van der Waals surface area contributed by atoms with Crippen LogP contribution >= 0.6 is 23.1 Å². The van der Waals surface area contributed by atoms with E-state index < -0.39 is 38.4 Å². The summed E-state index contributed by atoms with van der Waals surface area (Å²) in [6.45, 7) is 7.58. The third-order valence-electron chi connectivity index (χ3n) is 8.75. The molecule has 4 aromatic rings. The molecule has 2 N–H and O–H groups in total. The summed E-state index contributed by atoms with van der Waals surface area (Å²) in [5, 5.41) is 1.63. The normalized spacial score (nSPS) is 22.5. The number of H-pyrrole nitrogens is 2. The highest BCUT2D eigenvalue weighted by Gasteiger charge is 2.51. The van der Waals surface area contributed by atoms with Crippen LogP contribution in [0.3, 0.4) is 0 Å². The predicted molar refractivity (Wildman–Crippen MR) is 167 cm³/mol. The van der Waals surface area contributed by atoms with Crippen molar-refractivity contribution in [3.63, 3.8) is 0 Å². The molecule has 0 unspecified atom stereocenters. The molecule has 1 aromatic carbocycles. The van der Waals surface area contributed by atoms with Crippen molar-refractivity contribution < 1.29 is 26.4 Å². The van der Waals surface area contributed by atoms with Gasteiger partial charge in [-0.2, -0.15) is 18.2 Å². The van der Waals surface area contributed by atoms with Gasteiger partial charge in [0, 0.05) is 69.7 Å². The zero-order chi connectivity index (χ0) is 32.2. The van der Waals surface area contributed by atoms with Crippen LogP contribution in [0.15, 0.2) is 38.6 Å². The Kier molecular flexibility index (Phi) is 6.66. The maximum atomic E-state index is 15.1. The van der Waals surface area contributed by atoms with Crippen molar-refractivity contribution >= 4 is 65.9 Å². The van der Waals surface area contributed by atoms with Crippen molar-refractivity contribution in [1.29, 1.82) is 0 Å². The van der Waals surface area contributed by atoms with E-state index in [2.05, 4.69) is 21.5 Å². The van der Waals surface area contributed by atoms with E-state index >= 15 is 13.2 Å². The quantitative estimate of drug-likeness (QED) is 0.314. The van der Waals surface area contributed by atoms with Gasteiger partial charge in [-0.1, -0.05) is 6.58 Å². The Balaban J connectivity index is 1.52. The highest BCUT2D eigenvalue weighted by molar-refractivity contribution is 8.00. The highest BCUT2D eigenvalue weighted by Crippen LogP contribution is 2.53. The topological polar surface area (TPSA) is 141 Å². The Morgan fingerprint density at radius 3 is 2.49 bits per heavy atom. The van der Waals surface area contributed by atoms with Gasteiger partial charge in [0.25, 0.3) is 0 Å². The lowest BCUT2D eigenvalue weighted by Crippen LogP contribution is -2.59. The van der Waals surface area contributed by atoms with Crippen molar-refractivity contribution in [2.45, 2.75) is 43.5 Å². The number of thioether (sulfide) groups is 1. The molecular formula is C28H27F3N6O5S3. The first kappa shape index (κ1) is 30.1. The average Bonchev–Trinajstić information content (AvgIpc) is 3.43. The molecule has 7 rings (SSSR count). The number of hydrogen-bond acceptors (Lipinski definition) is 9. The van der Waals surface area contributed by atoms with Crippen LogP contribution in [0.25, 0.3) is 32.4 Å². The standard InChI is InChI=1S/C28H27F3N6O5S3/c1-4-18(38)37-13(2)6-35(7-14(37)3)23-15-5-17(28(29,30)31)19(16-8-43-24-20(16)32-25(39)34-24)22-21(15)36(26(40)33-23)9-27(10-44-22)11-45(41,42)12-27/h4-5,8,13-14H,1,6-7,9-12H2,2-3H3,(H2,32,34,39)/t13-,14+. The zero-order valence-electron chi connectivity index (χ0n) is 24.0. The fraction of sp³-hybridized carbons (Fsp3) is 0.429. The maximum Gasteiger partial charge on any atom is 0.417 e. The Labute approximate surface area is 262 Å². The molecule has 1 spiro atoms. The number of nitrogens with zero attached hydrogens (tertiary/aromatic N) is 4. The third-order valence-corrected chi connectivity index (χ3v) is 13.2. The maximum absolute atomic E-state index is 15.1. The number of fused-ring (bicyclic) bond motifs is 1. The average molecular weight is 681 g/mol. The summed E-state index contributed by atoms with van der Waals surface area (Å²) in [6, 6.07) is 0.280. The van der Waals surface area contributed by atoms with Gasteiger partial charge >= 0.3 is 17.6 Å². The van der Waals surface area contributed by atoms with Crippen LogP contribution in [0.4, 0.5) is 19.0 Å². The summed E-state index contributed by atoms with van der Waals surface area (Å²) in [4.78, 5) is 51.9. The number of carbonyl (C=O) groups is 1. The summed E-state index contributed by atoms with van der Waals surface area (Å²) in [7, 11) is -3.36. The minimum Gasteiger partial charge on any atom is -0.352 e. The molecule has 11 nitrogen and oxygen atoms in total. The Bertz CT molecular complexity index is 2140. The second-order valence-corrected chi connectivity index (χ2v) is 16.1. The van der Waals surface area contributed by atoms with Crippen molar-refractivity contribution in [2.24, 2.45) is 5.41 Å². The molecule has 0 saturated carbocycles. The van der Waals surface area contributed by atoms with Crippen LogP contribution in [-0.2, 0) is 27.4 Å². The number of aromatic amines is 2. The molecule has 1 amide bonds. The van der Waals surface area contributed by atoms with Gasteiger partial charge < -0.3 is 14.8 Å². The Morgan fingerprint density at radius 1 is 1.18 bits per heavy atom. The van der Waals surface area contributed by atoms with E-state index in [0.717, 1.165) is 29.2 Å². The summed E-state index contributed by atoms with van der Waals surface area (Å²) in [6.07, 6.45) is -3.63. The van der Waals surface area contributed by atoms with Crippen LogP contribution in [0, 0.1) is 5.41 Å². The molecule has 17 heteroatoms. The smallest absolute Gasteiger partial charge is 0.352 e. The highest BCUT2D eigenvalue weighted by atomic mass is 32.2. The van der Waals surface area contributed by atoms with Crippen LogP contribution in [0.5, 0.6) is 0 Å². The molecule has 0 radical (unpaired) electrons. The molecule has 2 fully saturated rings. The number of piperazine rings is 1. The summed E-state index contributed by atoms with van der Waals surface area (Å²) >= 11 is 2.18. The van der Waals surface area contributed by atoms with E-state index in [-0.39, 0.29) is 93.1 Å². The number of hydrogen-bond donors (Lipinski definition) is 2. The lowest BCUT2D eigenvalue weighted by atomic mass is 9.93. The fourth-order valence-corrected chi connectivity index (χ4v) is 11.9. The van der Waals surface area contributed by atoms with Gasteiger partial charge in [-0.3, -0.25) is 14.3 Å². The predicted octanol–water partition coefficient (Wildman–Crippen LogP) is 3.45. The number of aromatic nitrogens is 4. The molecule has 2 saturated heterocycles. The van der Waals surface area contributed by atoms with Gasteiger partial charge in [-0.25, -0.2) is 18.0 Å².